The first-order valence-electron chi connectivity index (χ1n) is 6.77. The third-order valence-electron chi connectivity index (χ3n) is 2.25. The number of guanidine groups is 1. The SMILES string of the molecule is CCNC(=NCCCS(C)(=O)=O)NCCCOCC. The highest BCUT2D eigenvalue weighted by Crippen LogP contribution is 1.90. The van der Waals surface area contributed by atoms with Gasteiger partial charge in [0.25, 0.3) is 0 Å². The highest BCUT2D eigenvalue weighted by molar-refractivity contribution is 7.90. The summed E-state index contributed by atoms with van der Waals surface area (Å²) in [7, 11) is -2.89. The molecule has 0 amide bonds. The Morgan fingerprint density at radius 3 is 2.53 bits per heavy atom. The zero-order chi connectivity index (χ0) is 14.6. The van der Waals surface area contributed by atoms with E-state index in [0.29, 0.717) is 13.0 Å². The van der Waals surface area contributed by atoms with Crippen molar-refractivity contribution in [2.75, 3.05) is 44.9 Å². The summed E-state index contributed by atoms with van der Waals surface area (Å²) in [5.74, 6) is 0.910. The molecule has 0 aromatic heterocycles. The third-order valence-corrected chi connectivity index (χ3v) is 3.28. The summed E-state index contributed by atoms with van der Waals surface area (Å²) in [4.78, 5) is 4.32. The lowest BCUT2D eigenvalue weighted by molar-refractivity contribution is 0.145. The number of sulfone groups is 1. The van der Waals surface area contributed by atoms with Crippen LogP contribution in [-0.4, -0.2) is 59.2 Å². The van der Waals surface area contributed by atoms with Crippen LogP contribution in [0.3, 0.4) is 0 Å². The molecule has 0 bridgehead atoms. The molecule has 0 unspecified atom stereocenters. The lowest BCUT2D eigenvalue weighted by atomic mass is 10.4. The second kappa shape index (κ2) is 11.0. The second-order valence-corrected chi connectivity index (χ2v) is 6.48. The lowest BCUT2D eigenvalue weighted by Gasteiger charge is -2.11. The Hall–Kier alpha value is -0.820. The highest BCUT2D eigenvalue weighted by Gasteiger charge is 2.01. The average Bonchev–Trinajstić information content (AvgIpc) is 2.33. The van der Waals surface area contributed by atoms with Crippen LogP contribution >= 0.6 is 0 Å². The van der Waals surface area contributed by atoms with E-state index >= 15 is 0 Å². The van der Waals surface area contributed by atoms with E-state index in [1.54, 1.807) is 0 Å². The van der Waals surface area contributed by atoms with E-state index in [1.165, 1.54) is 6.26 Å². The van der Waals surface area contributed by atoms with Gasteiger partial charge in [-0.15, -0.1) is 0 Å². The van der Waals surface area contributed by atoms with Gasteiger partial charge < -0.3 is 15.4 Å². The molecule has 0 aliphatic carbocycles. The van der Waals surface area contributed by atoms with Crippen molar-refractivity contribution < 1.29 is 13.2 Å². The van der Waals surface area contributed by atoms with Gasteiger partial charge in [-0.25, -0.2) is 8.42 Å². The molecule has 0 fully saturated rings. The molecule has 0 rings (SSSR count). The average molecular weight is 293 g/mol. The Morgan fingerprint density at radius 2 is 1.95 bits per heavy atom. The van der Waals surface area contributed by atoms with E-state index < -0.39 is 9.84 Å². The van der Waals surface area contributed by atoms with E-state index in [4.69, 9.17) is 4.74 Å². The summed E-state index contributed by atoms with van der Waals surface area (Å²) in [6, 6.07) is 0. The largest absolute Gasteiger partial charge is 0.382 e. The van der Waals surface area contributed by atoms with Crippen LogP contribution in [0.25, 0.3) is 0 Å². The number of ether oxygens (including phenoxy) is 1. The van der Waals surface area contributed by atoms with Gasteiger partial charge in [-0.3, -0.25) is 4.99 Å². The summed E-state index contributed by atoms with van der Waals surface area (Å²) in [6.45, 7) is 7.51. The van der Waals surface area contributed by atoms with E-state index in [0.717, 1.165) is 38.7 Å². The van der Waals surface area contributed by atoms with Crippen LogP contribution in [0.5, 0.6) is 0 Å². The molecule has 0 aliphatic rings. The molecule has 0 heterocycles. The number of rotatable bonds is 10. The Labute approximate surface area is 116 Å². The summed E-state index contributed by atoms with van der Waals surface area (Å²) in [6.07, 6.45) is 2.71. The van der Waals surface area contributed by atoms with Crippen molar-refractivity contribution in [1.29, 1.82) is 0 Å². The van der Waals surface area contributed by atoms with Crippen LogP contribution in [0, 0.1) is 0 Å². The van der Waals surface area contributed by atoms with Gasteiger partial charge in [0, 0.05) is 39.1 Å². The number of nitrogens with zero attached hydrogens (tertiary/aromatic N) is 1. The molecule has 0 atom stereocenters. The van der Waals surface area contributed by atoms with Crippen molar-refractivity contribution in [2.24, 2.45) is 4.99 Å². The van der Waals surface area contributed by atoms with E-state index in [2.05, 4.69) is 15.6 Å². The van der Waals surface area contributed by atoms with Crippen molar-refractivity contribution >= 4 is 15.8 Å². The fourth-order valence-corrected chi connectivity index (χ4v) is 2.04. The molecule has 6 nitrogen and oxygen atoms in total. The summed E-state index contributed by atoms with van der Waals surface area (Å²) < 4.78 is 27.2. The standard InChI is InChI=1S/C12H27N3O3S/c1-4-13-12(14-8-6-10-18-5-2)15-9-7-11-19(3,16)17/h4-11H2,1-3H3,(H2,13,14,15). The third kappa shape index (κ3) is 13.4. The Balaban J connectivity index is 3.88. The fraction of sp³-hybridized carbons (Fsp3) is 0.917. The monoisotopic (exact) mass is 293 g/mol. The van der Waals surface area contributed by atoms with Crippen molar-refractivity contribution in [3.63, 3.8) is 0 Å². The maximum absolute atomic E-state index is 11.0. The van der Waals surface area contributed by atoms with Crippen LogP contribution < -0.4 is 10.6 Å². The maximum Gasteiger partial charge on any atom is 0.191 e. The zero-order valence-electron chi connectivity index (χ0n) is 12.2. The van der Waals surface area contributed by atoms with Crippen molar-refractivity contribution in [3.8, 4) is 0 Å². The topological polar surface area (TPSA) is 79.8 Å². The molecule has 0 aliphatic heterocycles. The minimum atomic E-state index is -2.89. The molecule has 0 aromatic carbocycles. The van der Waals surface area contributed by atoms with Gasteiger partial charge in [-0.2, -0.15) is 0 Å². The van der Waals surface area contributed by atoms with Crippen LogP contribution in [0.15, 0.2) is 4.99 Å². The van der Waals surface area contributed by atoms with E-state index in [9.17, 15) is 8.42 Å². The smallest absolute Gasteiger partial charge is 0.191 e. The number of nitrogens with one attached hydrogen (secondary N) is 2. The molecule has 114 valence electrons. The number of hydrogen-bond acceptors (Lipinski definition) is 4. The van der Waals surface area contributed by atoms with Crippen LogP contribution in [0.4, 0.5) is 0 Å². The van der Waals surface area contributed by atoms with Crippen molar-refractivity contribution in [2.45, 2.75) is 26.7 Å². The Morgan fingerprint density at radius 1 is 1.21 bits per heavy atom. The molecule has 7 heteroatoms. The maximum atomic E-state index is 11.0. The Bertz CT molecular complexity index is 342. The minimum Gasteiger partial charge on any atom is -0.382 e. The quantitative estimate of drug-likeness (QED) is 0.346. The molecule has 0 saturated carbocycles. The van der Waals surface area contributed by atoms with Gasteiger partial charge >= 0.3 is 0 Å². The first kappa shape index (κ1) is 18.2. The molecule has 0 aromatic rings. The fourth-order valence-electron chi connectivity index (χ4n) is 1.38. The van der Waals surface area contributed by atoms with Crippen molar-refractivity contribution in [1.82, 2.24) is 10.6 Å². The molecule has 0 saturated heterocycles. The van der Waals surface area contributed by atoms with Gasteiger partial charge in [0.15, 0.2) is 5.96 Å². The van der Waals surface area contributed by atoms with Gasteiger partial charge in [-0.05, 0) is 26.7 Å². The van der Waals surface area contributed by atoms with Crippen molar-refractivity contribution in [3.05, 3.63) is 0 Å². The predicted molar refractivity (Wildman–Crippen MR) is 79.4 cm³/mol. The van der Waals surface area contributed by atoms with Gasteiger partial charge in [0.2, 0.25) is 0 Å². The van der Waals surface area contributed by atoms with Gasteiger partial charge in [-0.1, -0.05) is 0 Å². The zero-order valence-corrected chi connectivity index (χ0v) is 13.1. The van der Waals surface area contributed by atoms with Gasteiger partial charge in [0.1, 0.15) is 9.84 Å². The second-order valence-electron chi connectivity index (χ2n) is 4.22. The van der Waals surface area contributed by atoms with Crippen LogP contribution in [0.2, 0.25) is 0 Å². The minimum absolute atomic E-state index is 0.181. The molecule has 0 radical (unpaired) electrons. The first-order valence-corrected chi connectivity index (χ1v) is 8.83. The molecular weight excluding hydrogens is 266 g/mol. The lowest BCUT2D eigenvalue weighted by Crippen LogP contribution is -2.38. The summed E-state index contributed by atoms with van der Waals surface area (Å²) in [5.41, 5.74) is 0. The Kier molecular flexibility index (Phi) is 10.6. The van der Waals surface area contributed by atoms with Gasteiger partial charge in [0.05, 0.1) is 5.75 Å². The van der Waals surface area contributed by atoms with Crippen LogP contribution in [0.1, 0.15) is 26.7 Å². The van der Waals surface area contributed by atoms with E-state index in [-0.39, 0.29) is 5.75 Å². The molecule has 19 heavy (non-hydrogen) atoms. The normalized spacial score (nSPS) is 12.5. The number of hydrogen-bond donors (Lipinski definition) is 2. The molecule has 0 spiro atoms. The number of aliphatic imine (C=N–C) groups is 1. The first-order chi connectivity index (χ1) is 8.99. The highest BCUT2D eigenvalue weighted by atomic mass is 32.2. The summed E-state index contributed by atoms with van der Waals surface area (Å²) >= 11 is 0. The molecule has 2 N–H and O–H groups in total. The van der Waals surface area contributed by atoms with E-state index in [1.807, 2.05) is 13.8 Å². The molecular formula is C12H27N3O3S. The predicted octanol–water partition coefficient (Wildman–Crippen LogP) is 0.403. The van der Waals surface area contributed by atoms with Crippen LogP contribution in [-0.2, 0) is 14.6 Å². The summed E-state index contributed by atoms with van der Waals surface area (Å²) in [5, 5.41) is 6.31.